The quantitative estimate of drug-likeness (QED) is 0.912. The lowest BCUT2D eigenvalue weighted by Gasteiger charge is -2.31. The second-order valence-corrected chi connectivity index (χ2v) is 5.17. The SMILES string of the molecule is CC1(CCN)COC(=O)N1Cc1ccccc1Cl. The number of halogens is 1. The lowest BCUT2D eigenvalue weighted by Crippen LogP contribution is -2.45. The molecule has 1 amide bonds. The van der Waals surface area contributed by atoms with Crippen LogP contribution in [0.5, 0.6) is 0 Å². The highest BCUT2D eigenvalue weighted by Crippen LogP contribution is 2.30. The fraction of sp³-hybridized carbons (Fsp3) is 0.462. The molecule has 1 fully saturated rings. The number of amides is 1. The number of carbonyl (C=O) groups excluding carboxylic acids is 1. The van der Waals surface area contributed by atoms with Crippen molar-refractivity contribution < 1.29 is 9.53 Å². The molecular weight excluding hydrogens is 252 g/mol. The molecule has 0 aromatic heterocycles. The first-order chi connectivity index (χ1) is 8.57. The van der Waals surface area contributed by atoms with E-state index < -0.39 is 0 Å². The van der Waals surface area contributed by atoms with Gasteiger partial charge in [0.25, 0.3) is 0 Å². The fourth-order valence-electron chi connectivity index (χ4n) is 2.16. The molecule has 1 saturated heterocycles. The van der Waals surface area contributed by atoms with Gasteiger partial charge in [-0.1, -0.05) is 29.8 Å². The zero-order valence-corrected chi connectivity index (χ0v) is 11.1. The van der Waals surface area contributed by atoms with Gasteiger partial charge in [0, 0.05) is 5.02 Å². The third kappa shape index (κ3) is 2.44. The van der Waals surface area contributed by atoms with E-state index in [0.29, 0.717) is 31.1 Å². The number of rotatable bonds is 4. The molecule has 4 nitrogen and oxygen atoms in total. The van der Waals surface area contributed by atoms with Crippen molar-refractivity contribution in [2.75, 3.05) is 13.2 Å². The summed E-state index contributed by atoms with van der Waals surface area (Å²) in [6, 6.07) is 7.51. The molecule has 1 atom stereocenters. The van der Waals surface area contributed by atoms with Gasteiger partial charge in [-0.2, -0.15) is 0 Å². The van der Waals surface area contributed by atoms with E-state index in [4.69, 9.17) is 22.1 Å². The summed E-state index contributed by atoms with van der Waals surface area (Å²) in [7, 11) is 0. The Morgan fingerprint density at radius 1 is 1.50 bits per heavy atom. The minimum Gasteiger partial charge on any atom is -0.447 e. The van der Waals surface area contributed by atoms with Crippen molar-refractivity contribution in [3.63, 3.8) is 0 Å². The molecule has 98 valence electrons. The van der Waals surface area contributed by atoms with Gasteiger partial charge in [-0.25, -0.2) is 4.79 Å². The van der Waals surface area contributed by atoms with E-state index in [9.17, 15) is 4.79 Å². The van der Waals surface area contributed by atoms with E-state index in [1.807, 2.05) is 31.2 Å². The predicted octanol–water partition coefficient (Wildman–Crippen LogP) is 2.40. The molecule has 1 aromatic carbocycles. The van der Waals surface area contributed by atoms with Crippen LogP contribution < -0.4 is 5.73 Å². The van der Waals surface area contributed by atoms with Gasteiger partial charge >= 0.3 is 6.09 Å². The Morgan fingerprint density at radius 3 is 2.89 bits per heavy atom. The Hall–Kier alpha value is -1.26. The normalized spacial score (nSPS) is 23.3. The number of benzene rings is 1. The van der Waals surface area contributed by atoms with Crippen LogP contribution in [0.25, 0.3) is 0 Å². The Kier molecular flexibility index (Phi) is 3.78. The first kappa shape index (κ1) is 13.2. The first-order valence-electron chi connectivity index (χ1n) is 5.95. The third-order valence-corrected chi connectivity index (χ3v) is 3.72. The van der Waals surface area contributed by atoms with Crippen LogP contribution >= 0.6 is 11.6 Å². The molecule has 2 N–H and O–H groups in total. The van der Waals surface area contributed by atoms with Gasteiger partial charge in [-0.15, -0.1) is 0 Å². The standard InChI is InChI=1S/C13H17ClN2O2/c1-13(6-7-15)9-18-12(17)16(13)8-10-4-2-3-5-11(10)14/h2-5H,6-9,15H2,1H3. The maximum atomic E-state index is 11.8. The van der Waals surface area contributed by atoms with Gasteiger partial charge < -0.3 is 10.5 Å². The highest BCUT2D eigenvalue weighted by atomic mass is 35.5. The van der Waals surface area contributed by atoms with Crippen molar-refractivity contribution >= 4 is 17.7 Å². The minimum absolute atomic E-state index is 0.300. The number of hydrogen-bond donors (Lipinski definition) is 1. The van der Waals surface area contributed by atoms with Crippen LogP contribution in [-0.4, -0.2) is 29.7 Å². The summed E-state index contributed by atoms with van der Waals surface area (Å²) in [5.41, 5.74) is 6.18. The molecule has 2 rings (SSSR count). The number of nitrogens with zero attached hydrogens (tertiary/aromatic N) is 1. The molecule has 0 aliphatic carbocycles. The van der Waals surface area contributed by atoms with E-state index in [1.54, 1.807) is 4.90 Å². The molecule has 1 aliphatic rings. The summed E-state index contributed by atoms with van der Waals surface area (Å²) < 4.78 is 5.13. The van der Waals surface area contributed by atoms with Crippen LogP contribution in [0.15, 0.2) is 24.3 Å². The number of nitrogens with two attached hydrogens (primary N) is 1. The monoisotopic (exact) mass is 268 g/mol. The van der Waals surface area contributed by atoms with E-state index in [1.165, 1.54) is 0 Å². The largest absolute Gasteiger partial charge is 0.447 e. The Balaban J connectivity index is 2.21. The van der Waals surface area contributed by atoms with Gasteiger partial charge in [0.1, 0.15) is 6.61 Å². The highest BCUT2D eigenvalue weighted by molar-refractivity contribution is 6.31. The molecular formula is C13H17ClN2O2. The molecule has 0 saturated carbocycles. The van der Waals surface area contributed by atoms with Crippen LogP contribution in [0.4, 0.5) is 4.79 Å². The average molecular weight is 269 g/mol. The van der Waals surface area contributed by atoms with E-state index in [-0.39, 0.29) is 11.6 Å². The lowest BCUT2D eigenvalue weighted by atomic mass is 9.97. The number of hydrogen-bond acceptors (Lipinski definition) is 3. The van der Waals surface area contributed by atoms with E-state index >= 15 is 0 Å². The van der Waals surface area contributed by atoms with Crippen LogP contribution in [0, 0.1) is 0 Å². The highest BCUT2D eigenvalue weighted by Gasteiger charge is 2.42. The van der Waals surface area contributed by atoms with Crippen molar-refractivity contribution in [1.82, 2.24) is 4.90 Å². The van der Waals surface area contributed by atoms with Crippen molar-refractivity contribution in [3.8, 4) is 0 Å². The second kappa shape index (κ2) is 5.16. The van der Waals surface area contributed by atoms with Crippen LogP contribution in [0.3, 0.4) is 0 Å². The molecule has 5 heteroatoms. The molecule has 0 radical (unpaired) electrons. The minimum atomic E-state index is -0.342. The Morgan fingerprint density at radius 2 is 2.22 bits per heavy atom. The summed E-state index contributed by atoms with van der Waals surface area (Å²) in [5, 5.41) is 0.660. The van der Waals surface area contributed by atoms with Gasteiger partial charge in [-0.05, 0) is 31.5 Å². The molecule has 0 spiro atoms. The molecule has 1 heterocycles. The maximum absolute atomic E-state index is 11.8. The van der Waals surface area contributed by atoms with Crippen LogP contribution in [0.1, 0.15) is 18.9 Å². The third-order valence-electron chi connectivity index (χ3n) is 3.35. The summed E-state index contributed by atoms with van der Waals surface area (Å²) >= 11 is 6.12. The van der Waals surface area contributed by atoms with Gasteiger partial charge in [0.05, 0.1) is 12.1 Å². The summed E-state index contributed by atoms with van der Waals surface area (Å²) in [5.74, 6) is 0. The number of ether oxygens (including phenoxy) is 1. The Labute approximate surface area is 112 Å². The van der Waals surface area contributed by atoms with Gasteiger partial charge in [-0.3, -0.25) is 4.90 Å². The molecule has 0 bridgehead atoms. The molecule has 1 unspecified atom stereocenters. The number of carbonyl (C=O) groups is 1. The average Bonchev–Trinajstić information content (AvgIpc) is 2.61. The van der Waals surface area contributed by atoms with Gasteiger partial charge in [0.2, 0.25) is 0 Å². The zero-order chi connectivity index (χ0) is 13.2. The Bertz CT molecular complexity index is 452. The topological polar surface area (TPSA) is 55.6 Å². The smallest absolute Gasteiger partial charge is 0.410 e. The zero-order valence-electron chi connectivity index (χ0n) is 10.4. The summed E-state index contributed by atoms with van der Waals surface area (Å²) in [4.78, 5) is 13.5. The van der Waals surface area contributed by atoms with Crippen LogP contribution in [-0.2, 0) is 11.3 Å². The molecule has 1 aliphatic heterocycles. The molecule has 1 aromatic rings. The lowest BCUT2D eigenvalue weighted by molar-refractivity contribution is 0.148. The maximum Gasteiger partial charge on any atom is 0.410 e. The van der Waals surface area contributed by atoms with Crippen molar-refractivity contribution in [2.45, 2.75) is 25.4 Å². The van der Waals surface area contributed by atoms with Crippen molar-refractivity contribution in [1.29, 1.82) is 0 Å². The van der Waals surface area contributed by atoms with Gasteiger partial charge in [0.15, 0.2) is 0 Å². The summed E-state index contributed by atoms with van der Waals surface area (Å²) in [6.07, 6.45) is 0.411. The van der Waals surface area contributed by atoms with Crippen LogP contribution in [0.2, 0.25) is 5.02 Å². The summed E-state index contributed by atoms with van der Waals surface area (Å²) in [6.45, 7) is 3.34. The van der Waals surface area contributed by atoms with Crippen molar-refractivity contribution in [2.24, 2.45) is 5.73 Å². The van der Waals surface area contributed by atoms with E-state index in [2.05, 4.69) is 0 Å². The predicted molar refractivity (Wildman–Crippen MR) is 70.4 cm³/mol. The van der Waals surface area contributed by atoms with E-state index in [0.717, 1.165) is 5.56 Å². The number of cyclic esters (lactones) is 1. The first-order valence-corrected chi connectivity index (χ1v) is 6.32. The van der Waals surface area contributed by atoms with Crippen molar-refractivity contribution in [3.05, 3.63) is 34.9 Å². The second-order valence-electron chi connectivity index (χ2n) is 4.77. The fourth-order valence-corrected chi connectivity index (χ4v) is 2.36. The molecule has 18 heavy (non-hydrogen) atoms.